The SMILES string of the molecule is C=CCOC(=O)CCC(N)C(=O)OCCCCCCCCCCCC. The van der Waals surface area contributed by atoms with Gasteiger partial charge in [0, 0.05) is 6.42 Å². The molecule has 2 N–H and O–H groups in total. The zero-order valence-corrected chi connectivity index (χ0v) is 16.0. The van der Waals surface area contributed by atoms with Crippen molar-refractivity contribution in [2.24, 2.45) is 5.73 Å². The fraction of sp³-hybridized carbons (Fsp3) is 0.800. The van der Waals surface area contributed by atoms with Crippen LogP contribution in [0.1, 0.15) is 84.0 Å². The van der Waals surface area contributed by atoms with Gasteiger partial charge in [-0.05, 0) is 12.8 Å². The Balaban J connectivity index is 3.44. The highest BCUT2D eigenvalue weighted by atomic mass is 16.5. The summed E-state index contributed by atoms with van der Waals surface area (Å²) in [7, 11) is 0. The minimum atomic E-state index is -0.764. The predicted octanol–water partition coefficient (Wildman–Crippen LogP) is 4.29. The van der Waals surface area contributed by atoms with Crippen molar-refractivity contribution in [2.45, 2.75) is 90.0 Å². The fourth-order valence-corrected chi connectivity index (χ4v) is 2.48. The van der Waals surface area contributed by atoms with Crippen molar-refractivity contribution in [1.29, 1.82) is 0 Å². The van der Waals surface area contributed by atoms with Gasteiger partial charge in [-0.3, -0.25) is 9.59 Å². The molecular formula is C20H37NO4. The van der Waals surface area contributed by atoms with E-state index in [4.69, 9.17) is 15.2 Å². The molecule has 0 saturated carbocycles. The number of rotatable bonds is 17. The third-order valence-corrected chi connectivity index (χ3v) is 4.07. The van der Waals surface area contributed by atoms with Gasteiger partial charge in [0.25, 0.3) is 0 Å². The Morgan fingerprint density at radius 3 is 2.08 bits per heavy atom. The van der Waals surface area contributed by atoms with E-state index in [1.54, 1.807) is 0 Å². The van der Waals surface area contributed by atoms with Crippen LogP contribution in [0.5, 0.6) is 0 Å². The molecule has 25 heavy (non-hydrogen) atoms. The lowest BCUT2D eigenvalue weighted by Gasteiger charge is -2.11. The number of hydrogen-bond donors (Lipinski definition) is 1. The number of hydrogen-bond acceptors (Lipinski definition) is 5. The lowest BCUT2D eigenvalue weighted by Crippen LogP contribution is -2.33. The van der Waals surface area contributed by atoms with Gasteiger partial charge in [-0.2, -0.15) is 0 Å². The molecule has 0 spiro atoms. The standard InChI is InChI=1S/C20H37NO4/c1-3-5-6-7-8-9-10-11-12-13-17-25-20(23)18(21)14-15-19(22)24-16-4-2/h4,18H,2-3,5-17,21H2,1H3. The van der Waals surface area contributed by atoms with Crippen LogP contribution in [0.4, 0.5) is 0 Å². The lowest BCUT2D eigenvalue weighted by atomic mass is 10.1. The van der Waals surface area contributed by atoms with Crippen LogP contribution in [0.2, 0.25) is 0 Å². The molecule has 0 bridgehead atoms. The third kappa shape index (κ3) is 15.9. The molecule has 0 amide bonds. The molecule has 0 aliphatic carbocycles. The van der Waals surface area contributed by atoms with Crippen LogP contribution in [0.15, 0.2) is 12.7 Å². The number of unbranched alkanes of at least 4 members (excludes halogenated alkanes) is 9. The van der Waals surface area contributed by atoms with Crippen LogP contribution >= 0.6 is 0 Å². The highest BCUT2D eigenvalue weighted by Crippen LogP contribution is 2.10. The number of ether oxygens (including phenoxy) is 2. The zero-order valence-electron chi connectivity index (χ0n) is 16.0. The summed E-state index contributed by atoms with van der Waals surface area (Å²) in [5, 5.41) is 0. The monoisotopic (exact) mass is 355 g/mol. The largest absolute Gasteiger partial charge is 0.465 e. The van der Waals surface area contributed by atoms with Gasteiger partial charge in [0.1, 0.15) is 12.6 Å². The molecule has 1 unspecified atom stereocenters. The Morgan fingerprint density at radius 2 is 1.52 bits per heavy atom. The maximum atomic E-state index is 11.7. The van der Waals surface area contributed by atoms with Crippen molar-refractivity contribution in [3.63, 3.8) is 0 Å². The first-order valence-corrected chi connectivity index (χ1v) is 9.80. The normalized spacial score (nSPS) is 11.8. The number of carbonyl (C=O) groups is 2. The zero-order chi connectivity index (χ0) is 18.8. The molecular weight excluding hydrogens is 318 g/mol. The first-order chi connectivity index (χ1) is 12.1. The van der Waals surface area contributed by atoms with Crippen LogP contribution in [-0.2, 0) is 19.1 Å². The second-order valence-electron chi connectivity index (χ2n) is 6.47. The summed E-state index contributed by atoms with van der Waals surface area (Å²) in [6.07, 6.45) is 14.2. The highest BCUT2D eigenvalue weighted by molar-refractivity contribution is 5.77. The van der Waals surface area contributed by atoms with Crippen molar-refractivity contribution in [1.82, 2.24) is 0 Å². The minimum Gasteiger partial charge on any atom is -0.465 e. The quantitative estimate of drug-likeness (QED) is 0.239. The summed E-state index contributed by atoms with van der Waals surface area (Å²) in [4.78, 5) is 23.0. The van der Waals surface area contributed by atoms with Crippen LogP contribution in [0.25, 0.3) is 0 Å². The smallest absolute Gasteiger partial charge is 0.322 e. The molecule has 0 aromatic rings. The van der Waals surface area contributed by atoms with E-state index >= 15 is 0 Å². The second-order valence-corrected chi connectivity index (χ2v) is 6.47. The van der Waals surface area contributed by atoms with Gasteiger partial charge < -0.3 is 15.2 Å². The second kappa shape index (κ2) is 17.5. The summed E-state index contributed by atoms with van der Waals surface area (Å²) in [6, 6.07) is -0.764. The number of esters is 2. The predicted molar refractivity (Wildman–Crippen MR) is 101 cm³/mol. The Bertz CT molecular complexity index is 358. The Labute approximate surface area is 153 Å². The maximum Gasteiger partial charge on any atom is 0.322 e. The van der Waals surface area contributed by atoms with E-state index < -0.39 is 12.0 Å². The molecule has 0 aliphatic rings. The summed E-state index contributed by atoms with van der Waals surface area (Å²) in [5.74, 6) is -0.815. The van der Waals surface area contributed by atoms with Gasteiger partial charge in [0.05, 0.1) is 6.61 Å². The molecule has 0 rings (SSSR count). The van der Waals surface area contributed by atoms with Gasteiger partial charge in [0.15, 0.2) is 0 Å². The van der Waals surface area contributed by atoms with Gasteiger partial charge >= 0.3 is 11.9 Å². The topological polar surface area (TPSA) is 78.6 Å². The molecule has 0 radical (unpaired) electrons. The molecule has 0 aromatic heterocycles. The van der Waals surface area contributed by atoms with E-state index in [1.165, 1.54) is 57.4 Å². The Kier molecular flexibility index (Phi) is 16.5. The van der Waals surface area contributed by atoms with E-state index in [0.717, 1.165) is 12.8 Å². The number of nitrogens with two attached hydrogens (primary N) is 1. The van der Waals surface area contributed by atoms with E-state index in [-0.39, 0.29) is 25.4 Å². The van der Waals surface area contributed by atoms with Crippen molar-refractivity contribution >= 4 is 11.9 Å². The first kappa shape index (κ1) is 23.6. The summed E-state index contributed by atoms with van der Waals surface area (Å²) < 4.78 is 9.99. The van der Waals surface area contributed by atoms with E-state index in [0.29, 0.717) is 6.61 Å². The molecule has 1 atom stereocenters. The van der Waals surface area contributed by atoms with Crippen molar-refractivity contribution in [2.75, 3.05) is 13.2 Å². The lowest BCUT2D eigenvalue weighted by molar-refractivity contribution is -0.146. The minimum absolute atomic E-state index is 0.113. The van der Waals surface area contributed by atoms with Crippen molar-refractivity contribution in [3.8, 4) is 0 Å². The number of carbonyl (C=O) groups excluding carboxylic acids is 2. The summed E-state index contributed by atoms with van der Waals surface area (Å²) in [6.45, 7) is 6.28. The highest BCUT2D eigenvalue weighted by Gasteiger charge is 2.16. The van der Waals surface area contributed by atoms with Gasteiger partial charge in [-0.25, -0.2) is 0 Å². The third-order valence-electron chi connectivity index (χ3n) is 4.07. The summed E-state index contributed by atoms with van der Waals surface area (Å²) >= 11 is 0. The van der Waals surface area contributed by atoms with Crippen molar-refractivity contribution < 1.29 is 19.1 Å². The molecule has 0 heterocycles. The van der Waals surface area contributed by atoms with Crippen LogP contribution in [0.3, 0.4) is 0 Å². The van der Waals surface area contributed by atoms with Crippen LogP contribution in [0, 0.1) is 0 Å². The average molecular weight is 356 g/mol. The molecule has 0 aliphatic heterocycles. The van der Waals surface area contributed by atoms with E-state index in [9.17, 15) is 9.59 Å². The Hall–Kier alpha value is -1.36. The van der Waals surface area contributed by atoms with Gasteiger partial charge in [-0.1, -0.05) is 77.4 Å². The first-order valence-electron chi connectivity index (χ1n) is 9.80. The molecule has 0 aromatic carbocycles. The fourth-order valence-electron chi connectivity index (χ4n) is 2.48. The van der Waals surface area contributed by atoms with E-state index in [2.05, 4.69) is 13.5 Å². The van der Waals surface area contributed by atoms with Crippen LogP contribution in [-0.4, -0.2) is 31.2 Å². The van der Waals surface area contributed by atoms with Gasteiger partial charge in [-0.15, -0.1) is 0 Å². The molecule has 146 valence electrons. The van der Waals surface area contributed by atoms with E-state index in [1.807, 2.05) is 0 Å². The molecule has 0 fully saturated rings. The molecule has 5 nitrogen and oxygen atoms in total. The summed E-state index contributed by atoms with van der Waals surface area (Å²) in [5.41, 5.74) is 5.72. The van der Waals surface area contributed by atoms with Crippen molar-refractivity contribution in [3.05, 3.63) is 12.7 Å². The Morgan fingerprint density at radius 1 is 0.960 bits per heavy atom. The van der Waals surface area contributed by atoms with Crippen LogP contribution < -0.4 is 5.73 Å². The average Bonchev–Trinajstić information content (AvgIpc) is 2.62. The molecule has 5 heteroatoms. The van der Waals surface area contributed by atoms with Gasteiger partial charge in [0.2, 0.25) is 0 Å². The molecule has 0 saturated heterocycles. The maximum absolute atomic E-state index is 11.7.